The maximum Gasteiger partial charge on any atom is 0.329 e. The first kappa shape index (κ1) is 14.2. The molecule has 0 aromatic carbocycles. The lowest BCUT2D eigenvalue weighted by molar-refractivity contribution is -0.172. The maximum absolute atomic E-state index is 12.9. The molecule has 1 heterocycles. The van der Waals surface area contributed by atoms with Crippen molar-refractivity contribution in [3.05, 3.63) is 0 Å². The minimum absolute atomic E-state index is 0.231. The smallest absolute Gasteiger partial charge is 0.329 e. The molecule has 7 heteroatoms. The number of rotatable bonds is 3. The van der Waals surface area contributed by atoms with Crippen LogP contribution in [-0.4, -0.2) is 41.8 Å². The maximum atomic E-state index is 12.9. The Hall–Kier alpha value is -0.850. The largest absolute Gasteiger partial charge is 0.329 e. The Kier molecular flexibility index (Phi) is 3.71. The number of carbonyl (C=O) groups excluding carboxylic acids is 1. The highest BCUT2D eigenvalue weighted by Gasteiger charge is 2.64. The number of nitrogens with zero attached hydrogens (tertiary/aromatic N) is 1. The third-order valence-corrected chi connectivity index (χ3v) is 3.17. The lowest BCUT2D eigenvalue weighted by Gasteiger charge is -2.23. The zero-order chi connectivity index (χ0) is 13.4. The first-order valence-corrected chi connectivity index (χ1v) is 5.42. The van der Waals surface area contributed by atoms with Crippen LogP contribution in [0.15, 0.2) is 0 Å². The monoisotopic (exact) mass is 256 g/mol. The summed E-state index contributed by atoms with van der Waals surface area (Å²) >= 11 is 0. The second kappa shape index (κ2) is 4.44. The predicted octanol–water partition coefficient (Wildman–Crippen LogP) is 1.47. The fraction of sp³-hybridized carbons (Fsp3) is 0.900. The van der Waals surface area contributed by atoms with E-state index in [-0.39, 0.29) is 5.92 Å². The highest BCUT2D eigenvalue weighted by Crippen LogP contribution is 2.41. The number of likely N-dealkylation sites (tertiary alicyclic amines) is 1. The molecule has 17 heavy (non-hydrogen) atoms. The third kappa shape index (κ3) is 2.53. The topological polar surface area (TPSA) is 46.3 Å². The Morgan fingerprint density at radius 3 is 2.06 bits per heavy atom. The van der Waals surface area contributed by atoms with Crippen LogP contribution < -0.4 is 5.73 Å². The van der Waals surface area contributed by atoms with E-state index in [1.165, 1.54) is 0 Å². The summed E-state index contributed by atoms with van der Waals surface area (Å²) in [6, 6.07) is -1.01. The highest BCUT2D eigenvalue weighted by molar-refractivity contribution is 5.82. The van der Waals surface area contributed by atoms with Gasteiger partial charge in [0.2, 0.25) is 5.91 Å². The van der Waals surface area contributed by atoms with Crippen LogP contribution in [0, 0.1) is 5.92 Å². The van der Waals surface area contributed by atoms with Gasteiger partial charge in [0.1, 0.15) is 0 Å². The summed E-state index contributed by atoms with van der Waals surface area (Å²) in [6.07, 6.45) is 0.577. The van der Waals surface area contributed by atoms with Gasteiger partial charge < -0.3 is 10.6 Å². The molecule has 0 unspecified atom stereocenters. The number of hydrogen-bond acceptors (Lipinski definition) is 2. The minimum atomic E-state index is -4.17. The van der Waals surface area contributed by atoms with Crippen molar-refractivity contribution >= 4 is 5.91 Å². The lowest BCUT2D eigenvalue weighted by Crippen LogP contribution is -2.46. The van der Waals surface area contributed by atoms with Gasteiger partial charge in [-0.2, -0.15) is 17.6 Å². The molecular weight excluding hydrogens is 240 g/mol. The first-order chi connectivity index (χ1) is 7.62. The predicted molar refractivity (Wildman–Crippen MR) is 53.9 cm³/mol. The average Bonchev–Trinajstić information content (AvgIpc) is 2.45. The molecule has 1 fully saturated rings. The second-order valence-corrected chi connectivity index (χ2v) is 4.51. The van der Waals surface area contributed by atoms with Gasteiger partial charge in [-0.05, 0) is 5.92 Å². The quantitative estimate of drug-likeness (QED) is 0.777. The molecular formula is C10H16F4N2O. The molecule has 1 aliphatic heterocycles. The second-order valence-electron chi connectivity index (χ2n) is 4.51. The molecule has 2 N–H and O–H groups in total. The molecule has 0 saturated carbocycles. The van der Waals surface area contributed by atoms with Crippen LogP contribution in [0.4, 0.5) is 17.6 Å². The number of carbonyl (C=O) groups is 1. The molecule has 0 aromatic rings. The van der Waals surface area contributed by atoms with E-state index in [0.29, 0.717) is 11.3 Å². The van der Waals surface area contributed by atoms with Crippen LogP contribution in [0.1, 0.15) is 20.3 Å². The molecule has 1 saturated heterocycles. The van der Waals surface area contributed by atoms with E-state index in [4.69, 9.17) is 5.73 Å². The lowest BCUT2D eigenvalue weighted by atomic mass is 9.99. The fourth-order valence-corrected chi connectivity index (χ4v) is 1.63. The molecule has 0 spiro atoms. The standard InChI is InChI=1S/C10H16F4N2O/c1-3-6(2)7(15)8(17)16-4-9(11,12)10(13,14)5-16/h6-7H,3-5,15H2,1-2H3/t6-,7+/m1/s1. The fourth-order valence-electron chi connectivity index (χ4n) is 1.63. The van der Waals surface area contributed by atoms with Crippen LogP contribution in [0.25, 0.3) is 0 Å². The Bertz CT molecular complexity index is 293. The summed E-state index contributed by atoms with van der Waals surface area (Å²) in [5.74, 6) is -9.41. The molecule has 100 valence electrons. The summed E-state index contributed by atoms with van der Waals surface area (Å²) in [6.45, 7) is 0.936. The van der Waals surface area contributed by atoms with Gasteiger partial charge in [-0.25, -0.2) is 0 Å². The van der Waals surface area contributed by atoms with Crippen LogP contribution in [-0.2, 0) is 4.79 Å². The molecule has 0 bridgehead atoms. The number of alkyl halides is 4. The average molecular weight is 256 g/mol. The summed E-state index contributed by atoms with van der Waals surface area (Å²) in [4.78, 5) is 12.1. The Balaban J connectivity index is 2.75. The Labute approximate surface area is 96.9 Å². The number of amides is 1. The van der Waals surface area contributed by atoms with E-state index in [1.807, 2.05) is 0 Å². The number of hydrogen-bond donors (Lipinski definition) is 1. The van der Waals surface area contributed by atoms with E-state index >= 15 is 0 Å². The van der Waals surface area contributed by atoms with E-state index in [0.717, 1.165) is 0 Å². The van der Waals surface area contributed by atoms with Gasteiger partial charge in [0.15, 0.2) is 0 Å². The van der Waals surface area contributed by atoms with Crippen LogP contribution in [0.5, 0.6) is 0 Å². The van der Waals surface area contributed by atoms with Crippen molar-refractivity contribution in [1.29, 1.82) is 0 Å². The SMILES string of the molecule is CC[C@@H](C)[C@H](N)C(=O)N1CC(F)(F)C(F)(F)C1. The summed E-state index contributed by atoms with van der Waals surface area (Å²) < 4.78 is 51.6. The zero-order valence-corrected chi connectivity index (χ0v) is 9.72. The van der Waals surface area contributed by atoms with Gasteiger partial charge in [-0.15, -0.1) is 0 Å². The normalized spacial score (nSPS) is 25.7. The number of nitrogens with two attached hydrogens (primary N) is 1. The zero-order valence-electron chi connectivity index (χ0n) is 9.72. The van der Waals surface area contributed by atoms with Gasteiger partial charge in [0.25, 0.3) is 0 Å². The van der Waals surface area contributed by atoms with E-state index in [1.54, 1.807) is 13.8 Å². The van der Waals surface area contributed by atoms with Crippen molar-refractivity contribution in [2.24, 2.45) is 11.7 Å². The molecule has 0 aromatic heterocycles. The molecule has 2 atom stereocenters. The van der Waals surface area contributed by atoms with Crippen LogP contribution >= 0.6 is 0 Å². The van der Waals surface area contributed by atoms with Crippen LogP contribution in [0.2, 0.25) is 0 Å². The van der Waals surface area contributed by atoms with Crippen molar-refractivity contribution in [2.75, 3.05) is 13.1 Å². The van der Waals surface area contributed by atoms with Crippen molar-refractivity contribution in [3.8, 4) is 0 Å². The summed E-state index contributed by atoms with van der Waals surface area (Å²) in [5.41, 5.74) is 5.55. The molecule has 1 aliphatic rings. The van der Waals surface area contributed by atoms with Gasteiger partial charge in [-0.1, -0.05) is 20.3 Å². The van der Waals surface area contributed by atoms with Gasteiger partial charge in [0, 0.05) is 0 Å². The van der Waals surface area contributed by atoms with Gasteiger partial charge >= 0.3 is 11.8 Å². The van der Waals surface area contributed by atoms with E-state index in [9.17, 15) is 22.4 Å². The van der Waals surface area contributed by atoms with Crippen molar-refractivity contribution < 1.29 is 22.4 Å². The highest BCUT2D eigenvalue weighted by atomic mass is 19.3. The van der Waals surface area contributed by atoms with Crippen molar-refractivity contribution in [1.82, 2.24) is 4.90 Å². The minimum Gasteiger partial charge on any atom is -0.329 e. The van der Waals surface area contributed by atoms with Crippen molar-refractivity contribution in [2.45, 2.75) is 38.2 Å². The third-order valence-electron chi connectivity index (χ3n) is 3.17. The molecule has 1 rings (SSSR count). The summed E-state index contributed by atoms with van der Waals surface area (Å²) in [7, 11) is 0. The Morgan fingerprint density at radius 1 is 1.29 bits per heavy atom. The van der Waals surface area contributed by atoms with Crippen LogP contribution in [0.3, 0.4) is 0 Å². The first-order valence-electron chi connectivity index (χ1n) is 5.42. The van der Waals surface area contributed by atoms with E-state index in [2.05, 4.69) is 0 Å². The molecule has 0 aliphatic carbocycles. The van der Waals surface area contributed by atoms with Crippen molar-refractivity contribution in [3.63, 3.8) is 0 Å². The molecule has 1 amide bonds. The number of halogens is 4. The van der Waals surface area contributed by atoms with Gasteiger partial charge in [-0.3, -0.25) is 4.79 Å². The Morgan fingerprint density at radius 2 is 1.71 bits per heavy atom. The van der Waals surface area contributed by atoms with E-state index < -0.39 is 36.9 Å². The molecule has 0 radical (unpaired) electrons. The molecule has 3 nitrogen and oxygen atoms in total. The van der Waals surface area contributed by atoms with Gasteiger partial charge in [0.05, 0.1) is 19.1 Å². The summed E-state index contributed by atoms with van der Waals surface area (Å²) in [5, 5.41) is 0.